The molecule has 1 aromatic carbocycles. The molecule has 6 rings (SSSR count). The molecule has 2 aliphatic heterocycles. The lowest BCUT2D eigenvalue weighted by molar-refractivity contribution is 0.332. The first-order chi connectivity index (χ1) is 12.3. The molecule has 2 unspecified atom stereocenters. The molecule has 128 valence electrons. The van der Waals surface area contributed by atoms with Gasteiger partial charge in [0.15, 0.2) is 0 Å². The second-order valence-electron chi connectivity index (χ2n) is 7.20. The van der Waals surface area contributed by atoms with Gasteiger partial charge in [-0.15, -0.1) is 0 Å². The van der Waals surface area contributed by atoms with Gasteiger partial charge in [0.1, 0.15) is 0 Å². The largest absolute Gasteiger partial charge is 0.352 e. The third-order valence-corrected chi connectivity index (χ3v) is 5.84. The number of para-hydroxylation sites is 1. The highest BCUT2D eigenvalue weighted by atomic mass is 16.2. The van der Waals surface area contributed by atoms with Crippen LogP contribution < -0.4 is 11.4 Å². The van der Waals surface area contributed by atoms with Crippen LogP contribution in [-0.2, 0) is 0 Å². The molecule has 5 nitrogen and oxygen atoms in total. The Kier molecular flexibility index (Phi) is 3.23. The lowest BCUT2D eigenvalue weighted by Gasteiger charge is -2.35. The Balaban J connectivity index is 1.78. The number of rotatable bonds is 1. The Morgan fingerprint density at radius 1 is 0.840 bits per heavy atom. The van der Waals surface area contributed by atoms with Crippen molar-refractivity contribution in [3.8, 4) is 5.69 Å². The van der Waals surface area contributed by atoms with Gasteiger partial charge in [0.05, 0.1) is 17.8 Å². The van der Waals surface area contributed by atoms with E-state index in [0.29, 0.717) is 5.69 Å². The predicted octanol–water partition coefficient (Wildman–Crippen LogP) is 3.12. The van der Waals surface area contributed by atoms with Crippen LogP contribution in [0.4, 0.5) is 0 Å². The molecule has 2 atom stereocenters. The zero-order chi connectivity index (χ0) is 17.0. The maximum atomic E-state index is 13.2. The first-order valence-corrected chi connectivity index (χ1v) is 9.16. The van der Waals surface area contributed by atoms with Gasteiger partial charge in [-0.05, 0) is 56.2 Å². The molecule has 0 fully saturated rings. The molecule has 2 bridgehead atoms. The first-order valence-electron chi connectivity index (χ1n) is 9.16. The van der Waals surface area contributed by atoms with Crippen molar-refractivity contribution < 1.29 is 0 Å². The maximum Gasteiger partial charge on any atom is 0.352 e. The van der Waals surface area contributed by atoms with Crippen LogP contribution >= 0.6 is 0 Å². The number of fused-ring (bicyclic) bond motifs is 1. The summed E-state index contributed by atoms with van der Waals surface area (Å²) in [6.07, 6.45) is 10.8. The molecular weight excluding hydrogens is 314 g/mol. The second-order valence-corrected chi connectivity index (χ2v) is 7.20. The average Bonchev–Trinajstić information content (AvgIpc) is 2.89. The van der Waals surface area contributed by atoms with E-state index < -0.39 is 0 Å². The quantitative estimate of drug-likeness (QED) is 0.752. The highest BCUT2D eigenvalue weighted by Gasteiger charge is 2.34. The molecule has 4 aliphatic rings. The molecule has 0 N–H and O–H groups in total. The van der Waals surface area contributed by atoms with Crippen LogP contribution in [0.3, 0.4) is 0 Å². The molecule has 1 aromatic heterocycles. The Morgan fingerprint density at radius 2 is 1.60 bits per heavy atom. The van der Waals surface area contributed by atoms with Crippen molar-refractivity contribution in [1.29, 1.82) is 0 Å². The zero-order valence-corrected chi connectivity index (χ0v) is 14.1. The minimum absolute atomic E-state index is 0.0302. The summed E-state index contributed by atoms with van der Waals surface area (Å²) in [6.45, 7) is 0. The number of nitrogens with zero attached hydrogens (tertiary/aromatic N) is 3. The molecular formula is C20H21N3O2. The van der Waals surface area contributed by atoms with E-state index in [1.165, 1.54) is 28.6 Å². The van der Waals surface area contributed by atoms with Gasteiger partial charge in [-0.25, -0.2) is 23.5 Å². The van der Waals surface area contributed by atoms with Crippen molar-refractivity contribution in [1.82, 2.24) is 13.9 Å². The van der Waals surface area contributed by atoms with Gasteiger partial charge in [0.2, 0.25) is 0 Å². The van der Waals surface area contributed by atoms with Crippen molar-refractivity contribution in [2.75, 3.05) is 0 Å². The fourth-order valence-corrected chi connectivity index (χ4v) is 4.66. The molecule has 0 saturated carbocycles. The fraction of sp³-hybridized carbons (Fsp3) is 0.400. The molecule has 25 heavy (non-hydrogen) atoms. The normalized spacial score (nSPS) is 24.6. The highest BCUT2D eigenvalue weighted by molar-refractivity contribution is 5.33. The fourth-order valence-electron chi connectivity index (χ4n) is 4.66. The molecule has 0 amide bonds. The SMILES string of the molecule is O=c1n(-c2ccccc2)c(=O)n2n1C1C=CC2C2=C(CCCC2)CC1. The van der Waals surface area contributed by atoms with Gasteiger partial charge in [0, 0.05) is 0 Å². The summed E-state index contributed by atoms with van der Waals surface area (Å²) in [6, 6.07) is 9.11. The number of hydrogen-bond acceptors (Lipinski definition) is 2. The smallest absolute Gasteiger partial charge is 0.245 e. The average molecular weight is 335 g/mol. The van der Waals surface area contributed by atoms with E-state index in [1.54, 1.807) is 9.36 Å². The van der Waals surface area contributed by atoms with Gasteiger partial charge in [-0.1, -0.05) is 35.9 Å². The first kappa shape index (κ1) is 14.8. The standard InChI is InChI=1S/C20H21N3O2/c24-19-21(15-7-2-1-3-8-15)20(25)23-18-13-12-16(22(19)23)11-10-14-6-4-5-9-17(14)18/h1-3,7-8,12-13,16,18H,4-6,9-11H2. The predicted molar refractivity (Wildman–Crippen MR) is 96.2 cm³/mol. The molecule has 0 saturated heterocycles. The molecule has 3 heterocycles. The third kappa shape index (κ3) is 2.08. The maximum absolute atomic E-state index is 13.2. The van der Waals surface area contributed by atoms with Gasteiger partial charge in [-0.2, -0.15) is 0 Å². The number of aromatic nitrogens is 3. The topological polar surface area (TPSA) is 48.9 Å². The summed E-state index contributed by atoms with van der Waals surface area (Å²) in [5.41, 5.74) is 3.07. The number of benzene rings is 1. The lowest BCUT2D eigenvalue weighted by atomic mass is 9.82. The Labute approximate surface area is 145 Å². The van der Waals surface area contributed by atoms with Crippen molar-refractivity contribution >= 4 is 0 Å². The monoisotopic (exact) mass is 335 g/mol. The summed E-state index contributed by atoms with van der Waals surface area (Å²) in [5.74, 6) is 0. The van der Waals surface area contributed by atoms with E-state index >= 15 is 0 Å². The molecule has 0 spiro atoms. The van der Waals surface area contributed by atoms with Gasteiger partial charge in [-0.3, -0.25) is 0 Å². The van der Waals surface area contributed by atoms with Gasteiger partial charge < -0.3 is 0 Å². The number of allylic oxidation sites excluding steroid dienone is 4. The van der Waals surface area contributed by atoms with Crippen molar-refractivity contribution in [2.24, 2.45) is 0 Å². The van der Waals surface area contributed by atoms with Crippen LogP contribution in [0, 0.1) is 0 Å². The van der Waals surface area contributed by atoms with Crippen molar-refractivity contribution in [2.45, 2.75) is 50.6 Å². The zero-order valence-electron chi connectivity index (χ0n) is 14.1. The van der Waals surface area contributed by atoms with Crippen LogP contribution in [0.2, 0.25) is 0 Å². The van der Waals surface area contributed by atoms with Crippen LogP contribution in [0.25, 0.3) is 5.69 Å². The summed E-state index contributed by atoms with van der Waals surface area (Å²) >= 11 is 0. The molecule has 5 heteroatoms. The molecule has 0 radical (unpaired) electrons. The van der Waals surface area contributed by atoms with Crippen molar-refractivity contribution in [3.63, 3.8) is 0 Å². The van der Waals surface area contributed by atoms with E-state index in [4.69, 9.17) is 0 Å². The summed E-state index contributed by atoms with van der Waals surface area (Å²) in [4.78, 5) is 26.3. The van der Waals surface area contributed by atoms with Crippen LogP contribution in [-0.4, -0.2) is 13.9 Å². The highest BCUT2D eigenvalue weighted by Crippen LogP contribution is 2.40. The number of hydrogen-bond donors (Lipinski definition) is 0. The lowest BCUT2D eigenvalue weighted by Crippen LogP contribution is -2.37. The Morgan fingerprint density at radius 3 is 2.44 bits per heavy atom. The second kappa shape index (κ2) is 5.48. The third-order valence-electron chi connectivity index (χ3n) is 5.84. The van der Waals surface area contributed by atoms with Crippen LogP contribution in [0.15, 0.2) is 63.2 Å². The van der Waals surface area contributed by atoms with Crippen LogP contribution in [0.5, 0.6) is 0 Å². The van der Waals surface area contributed by atoms with Gasteiger partial charge >= 0.3 is 11.4 Å². The summed E-state index contributed by atoms with van der Waals surface area (Å²) < 4.78 is 4.72. The summed E-state index contributed by atoms with van der Waals surface area (Å²) in [7, 11) is 0. The Hall–Kier alpha value is -2.56. The minimum Gasteiger partial charge on any atom is -0.245 e. The van der Waals surface area contributed by atoms with E-state index in [1.807, 2.05) is 30.3 Å². The van der Waals surface area contributed by atoms with E-state index in [2.05, 4.69) is 12.2 Å². The summed E-state index contributed by atoms with van der Waals surface area (Å²) in [5, 5.41) is 0. The minimum atomic E-state index is -0.227. The van der Waals surface area contributed by atoms with Crippen molar-refractivity contribution in [3.05, 3.63) is 74.6 Å². The Bertz CT molecular complexity index is 1000. The van der Waals surface area contributed by atoms with E-state index in [9.17, 15) is 9.59 Å². The van der Waals surface area contributed by atoms with E-state index in [0.717, 1.165) is 25.7 Å². The van der Waals surface area contributed by atoms with E-state index in [-0.39, 0.29) is 23.5 Å². The van der Waals surface area contributed by atoms with Gasteiger partial charge in [0.25, 0.3) is 0 Å². The van der Waals surface area contributed by atoms with Crippen LogP contribution in [0.1, 0.15) is 50.6 Å². The molecule has 2 aliphatic carbocycles. The molecule has 2 aromatic rings.